The molecule has 3 amide bonds. The van der Waals surface area contributed by atoms with Gasteiger partial charge in [0.2, 0.25) is 5.91 Å². The van der Waals surface area contributed by atoms with Crippen molar-refractivity contribution in [2.45, 2.75) is 0 Å². The van der Waals surface area contributed by atoms with E-state index in [9.17, 15) is 19.2 Å². The molecule has 2 aromatic rings. The molecule has 1 aliphatic heterocycles. The number of anilines is 1. The van der Waals surface area contributed by atoms with Gasteiger partial charge in [-0.25, -0.2) is 4.79 Å². The first kappa shape index (κ1) is 25.8. The number of carbonyl (C=O) groups is 4. The summed E-state index contributed by atoms with van der Waals surface area (Å²) in [6.45, 7) is -0.744. The van der Waals surface area contributed by atoms with Gasteiger partial charge >= 0.3 is 5.97 Å². The molecular formula is C22H18ClIN2O7S. The van der Waals surface area contributed by atoms with Gasteiger partial charge in [0.15, 0.2) is 18.1 Å². The summed E-state index contributed by atoms with van der Waals surface area (Å²) in [7, 11) is 2.69. The van der Waals surface area contributed by atoms with E-state index in [1.165, 1.54) is 20.3 Å². The molecule has 12 heteroatoms. The summed E-state index contributed by atoms with van der Waals surface area (Å²) in [5.74, 6) is -1.02. The fraction of sp³-hybridized carbons (Fsp3) is 0.182. The van der Waals surface area contributed by atoms with Crippen LogP contribution in [0, 0.1) is 3.57 Å². The molecule has 3 rings (SSSR count). The van der Waals surface area contributed by atoms with E-state index in [0.29, 0.717) is 31.3 Å². The highest BCUT2D eigenvalue weighted by molar-refractivity contribution is 14.1. The van der Waals surface area contributed by atoms with Gasteiger partial charge in [-0.1, -0.05) is 23.7 Å². The normalized spacial score (nSPS) is 14.4. The van der Waals surface area contributed by atoms with Crippen molar-refractivity contribution in [1.82, 2.24) is 4.90 Å². The van der Waals surface area contributed by atoms with E-state index in [1.807, 2.05) is 22.6 Å². The molecule has 0 atom stereocenters. The number of hydrogen-bond donors (Lipinski definition) is 1. The zero-order valence-corrected chi connectivity index (χ0v) is 21.7. The van der Waals surface area contributed by atoms with Crippen molar-refractivity contribution in [3.05, 3.63) is 55.5 Å². The van der Waals surface area contributed by atoms with E-state index in [2.05, 4.69) is 10.1 Å². The Morgan fingerprint density at radius 1 is 1.21 bits per heavy atom. The lowest BCUT2D eigenvalue weighted by Crippen LogP contribution is -2.36. The van der Waals surface area contributed by atoms with Crippen molar-refractivity contribution in [1.29, 1.82) is 0 Å². The summed E-state index contributed by atoms with van der Waals surface area (Å²) in [5, 5.41) is 2.36. The molecule has 0 aliphatic carbocycles. The molecule has 1 saturated heterocycles. The highest BCUT2D eigenvalue weighted by Gasteiger charge is 2.36. The van der Waals surface area contributed by atoms with Crippen LogP contribution in [0.3, 0.4) is 0 Å². The minimum absolute atomic E-state index is 0.150. The van der Waals surface area contributed by atoms with Crippen molar-refractivity contribution in [3.63, 3.8) is 0 Å². The maximum atomic E-state index is 12.8. The summed E-state index contributed by atoms with van der Waals surface area (Å²) >= 11 is 8.76. The number of amides is 3. The molecule has 0 spiro atoms. The third-order valence-electron chi connectivity index (χ3n) is 4.43. The summed E-state index contributed by atoms with van der Waals surface area (Å²) in [5.41, 5.74) is 0.950. The van der Waals surface area contributed by atoms with Crippen LogP contribution in [0.5, 0.6) is 11.5 Å². The van der Waals surface area contributed by atoms with Gasteiger partial charge in [-0.2, -0.15) is 0 Å². The Morgan fingerprint density at radius 3 is 2.62 bits per heavy atom. The van der Waals surface area contributed by atoms with Crippen LogP contribution >= 0.6 is 46.0 Å². The molecule has 0 aromatic heterocycles. The maximum absolute atomic E-state index is 12.8. The van der Waals surface area contributed by atoms with Crippen LogP contribution in [0.4, 0.5) is 10.5 Å². The second-order valence-electron chi connectivity index (χ2n) is 6.69. The fourth-order valence-electron chi connectivity index (χ4n) is 2.84. The van der Waals surface area contributed by atoms with Crippen molar-refractivity contribution in [3.8, 4) is 11.5 Å². The summed E-state index contributed by atoms with van der Waals surface area (Å²) in [6, 6.07) is 9.95. The van der Waals surface area contributed by atoms with Gasteiger partial charge in [0, 0.05) is 0 Å². The van der Waals surface area contributed by atoms with Gasteiger partial charge in [0.25, 0.3) is 11.1 Å². The summed E-state index contributed by atoms with van der Waals surface area (Å²) in [4.78, 5) is 49.9. The van der Waals surface area contributed by atoms with E-state index in [-0.39, 0.29) is 11.5 Å². The second kappa shape index (κ2) is 11.6. The Kier molecular flexibility index (Phi) is 8.80. The van der Waals surface area contributed by atoms with Crippen LogP contribution in [0.15, 0.2) is 41.3 Å². The Hall–Kier alpha value is -2.77. The number of esters is 1. The smallest absolute Gasteiger partial charge is 0.343 e. The minimum Gasteiger partial charge on any atom is -0.493 e. The molecular weight excluding hydrogens is 599 g/mol. The highest BCUT2D eigenvalue weighted by Crippen LogP contribution is 2.37. The van der Waals surface area contributed by atoms with Gasteiger partial charge in [-0.15, -0.1) is 0 Å². The number of benzene rings is 2. The number of halogens is 2. The molecule has 1 N–H and O–H groups in total. The lowest BCUT2D eigenvalue weighted by atomic mass is 10.2. The first-order valence-corrected chi connectivity index (χ1v) is 11.9. The number of nitrogens with zero attached hydrogens (tertiary/aromatic N) is 1. The summed E-state index contributed by atoms with van der Waals surface area (Å²) in [6.07, 6.45) is 1.52. The number of hydrogen-bond acceptors (Lipinski definition) is 8. The standard InChI is InChI=1S/C22H18ClIN2O7S/c1-31-16-8-12(7-14(24)20(16)33-11-19(28)32-2)9-17-21(29)26(22(30)34-17)10-18(27)25-15-6-4-3-5-13(15)23/h3-9H,10-11H2,1-2H3,(H,25,27)/b17-9+. The van der Waals surface area contributed by atoms with Crippen LogP contribution in [-0.4, -0.2) is 55.3 Å². The SMILES string of the molecule is COC(=O)COc1c(I)cc(/C=C2/SC(=O)N(CC(=O)Nc3ccccc3Cl)C2=O)cc1OC. The largest absolute Gasteiger partial charge is 0.493 e. The van der Waals surface area contributed by atoms with Gasteiger partial charge in [-0.3, -0.25) is 19.3 Å². The molecule has 1 heterocycles. The quantitative estimate of drug-likeness (QED) is 0.267. The van der Waals surface area contributed by atoms with Crippen LogP contribution in [0.25, 0.3) is 6.08 Å². The topological polar surface area (TPSA) is 111 Å². The lowest BCUT2D eigenvalue weighted by Gasteiger charge is -2.13. The predicted molar refractivity (Wildman–Crippen MR) is 136 cm³/mol. The van der Waals surface area contributed by atoms with Gasteiger partial charge in [0.1, 0.15) is 6.54 Å². The lowest BCUT2D eigenvalue weighted by molar-refractivity contribution is -0.143. The first-order valence-electron chi connectivity index (χ1n) is 9.60. The second-order valence-corrected chi connectivity index (χ2v) is 9.26. The van der Waals surface area contributed by atoms with Crippen LogP contribution in [-0.2, 0) is 19.1 Å². The Bertz CT molecular complexity index is 1190. The van der Waals surface area contributed by atoms with E-state index < -0.39 is 29.6 Å². The van der Waals surface area contributed by atoms with Gasteiger partial charge in [0.05, 0.1) is 33.4 Å². The Balaban J connectivity index is 1.75. The molecule has 1 aliphatic rings. The van der Waals surface area contributed by atoms with Crippen LogP contribution < -0.4 is 14.8 Å². The maximum Gasteiger partial charge on any atom is 0.343 e. The number of carbonyl (C=O) groups excluding carboxylic acids is 4. The molecule has 178 valence electrons. The zero-order valence-electron chi connectivity index (χ0n) is 17.9. The van der Waals surface area contributed by atoms with Crippen molar-refractivity contribution in [2.75, 3.05) is 32.7 Å². The number of methoxy groups -OCH3 is 2. The number of imide groups is 1. The molecule has 0 saturated carbocycles. The molecule has 1 fully saturated rings. The van der Waals surface area contributed by atoms with E-state index in [1.54, 1.807) is 36.4 Å². The third kappa shape index (κ3) is 6.21. The average Bonchev–Trinajstić information content (AvgIpc) is 3.06. The van der Waals surface area contributed by atoms with Crippen molar-refractivity contribution < 1.29 is 33.4 Å². The number of nitrogens with one attached hydrogen (secondary N) is 1. The monoisotopic (exact) mass is 616 g/mol. The van der Waals surface area contributed by atoms with Crippen molar-refractivity contribution in [2.24, 2.45) is 0 Å². The zero-order chi connectivity index (χ0) is 24.8. The number of thioether (sulfide) groups is 1. The molecule has 9 nitrogen and oxygen atoms in total. The van der Waals surface area contributed by atoms with E-state index in [4.69, 9.17) is 21.1 Å². The number of rotatable bonds is 8. The average molecular weight is 617 g/mol. The Morgan fingerprint density at radius 2 is 1.94 bits per heavy atom. The molecule has 0 unspecified atom stereocenters. The van der Waals surface area contributed by atoms with Crippen LogP contribution in [0.1, 0.15) is 5.56 Å². The van der Waals surface area contributed by atoms with Gasteiger partial charge < -0.3 is 19.5 Å². The number of para-hydroxylation sites is 1. The van der Waals surface area contributed by atoms with Crippen LogP contribution in [0.2, 0.25) is 5.02 Å². The summed E-state index contributed by atoms with van der Waals surface area (Å²) < 4.78 is 16.0. The Labute approximate surface area is 217 Å². The fourth-order valence-corrected chi connectivity index (χ4v) is 4.64. The highest BCUT2D eigenvalue weighted by atomic mass is 127. The van der Waals surface area contributed by atoms with E-state index in [0.717, 1.165) is 16.7 Å². The minimum atomic E-state index is -0.593. The molecule has 34 heavy (non-hydrogen) atoms. The van der Waals surface area contributed by atoms with Gasteiger partial charge in [-0.05, 0) is 70.3 Å². The predicted octanol–water partition coefficient (Wildman–Crippen LogP) is 4.18. The van der Waals surface area contributed by atoms with Crippen molar-refractivity contribution >= 4 is 80.7 Å². The first-order chi connectivity index (χ1) is 16.2. The molecule has 2 aromatic carbocycles. The molecule has 0 radical (unpaired) electrons. The number of ether oxygens (including phenoxy) is 3. The third-order valence-corrected chi connectivity index (χ3v) is 6.47. The molecule has 0 bridgehead atoms. The van der Waals surface area contributed by atoms with E-state index >= 15 is 0 Å².